The summed E-state index contributed by atoms with van der Waals surface area (Å²) < 4.78 is 24.5. The molecule has 148 valence electrons. The third kappa shape index (κ3) is 3.73. The van der Waals surface area contributed by atoms with Crippen LogP contribution in [0.2, 0.25) is 5.02 Å². The normalized spacial score (nSPS) is 16.0. The van der Waals surface area contributed by atoms with Crippen molar-refractivity contribution >= 4 is 23.5 Å². The van der Waals surface area contributed by atoms with Crippen molar-refractivity contribution in [2.24, 2.45) is 5.73 Å². The van der Waals surface area contributed by atoms with Crippen molar-refractivity contribution in [3.05, 3.63) is 58.4 Å². The zero-order valence-corrected chi connectivity index (χ0v) is 16.2. The Bertz CT molecular complexity index is 930. The minimum atomic E-state index is -1.07. The maximum absolute atomic E-state index is 14.8. The van der Waals surface area contributed by atoms with Crippen molar-refractivity contribution in [3.63, 3.8) is 0 Å². The van der Waals surface area contributed by atoms with Crippen molar-refractivity contribution in [1.82, 2.24) is 5.32 Å². The number of methoxy groups -OCH3 is 1. The van der Waals surface area contributed by atoms with Crippen LogP contribution in [0, 0.1) is 5.82 Å². The Morgan fingerprint density at radius 1 is 1.32 bits per heavy atom. The van der Waals surface area contributed by atoms with E-state index in [1.165, 1.54) is 13.2 Å². The van der Waals surface area contributed by atoms with Gasteiger partial charge in [0, 0.05) is 5.56 Å². The minimum absolute atomic E-state index is 0.137. The van der Waals surface area contributed by atoms with Gasteiger partial charge in [-0.3, -0.25) is 4.79 Å². The van der Waals surface area contributed by atoms with Gasteiger partial charge in [-0.25, -0.2) is 9.18 Å². The molecule has 0 unspecified atom stereocenters. The summed E-state index contributed by atoms with van der Waals surface area (Å²) in [5, 5.41) is 2.92. The lowest BCUT2D eigenvalue weighted by molar-refractivity contribution is -0.144. The van der Waals surface area contributed by atoms with E-state index in [-0.39, 0.29) is 23.8 Å². The van der Waals surface area contributed by atoms with Gasteiger partial charge in [0.15, 0.2) is 0 Å². The number of benzene rings is 2. The largest absolute Gasteiger partial charge is 0.465 e. The number of hydrogen-bond acceptors (Lipinski definition) is 5. The molecular weight excluding hydrogens is 387 g/mol. The van der Waals surface area contributed by atoms with E-state index >= 15 is 0 Å². The average molecular weight is 407 g/mol. The molecule has 1 atom stereocenters. The molecule has 2 aromatic rings. The Hall–Kier alpha value is -2.48. The predicted molar refractivity (Wildman–Crippen MR) is 102 cm³/mol. The van der Waals surface area contributed by atoms with Crippen molar-refractivity contribution in [1.29, 1.82) is 0 Å². The summed E-state index contributed by atoms with van der Waals surface area (Å²) in [4.78, 5) is 24.3. The molecule has 0 spiro atoms. The topological polar surface area (TPSA) is 90.7 Å². The SMILES string of the molecule is COC(=O)c1c(Cl)cccc1-c1ccc([C@@H](C)NC(=O)C2(N)COC2)c(F)c1. The van der Waals surface area contributed by atoms with E-state index in [0.29, 0.717) is 16.7 Å². The molecule has 0 aliphatic carbocycles. The van der Waals surface area contributed by atoms with E-state index in [2.05, 4.69) is 5.32 Å². The Balaban J connectivity index is 1.88. The summed E-state index contributed by atoms with van der Waals surface area (Å²) in [6.07, 6.45) is 0. The van der Waals surface area contributed by atoms with Crippen LogP contribution in [-0.4, -0.2) is 37.7 Å². The van der Waals surface area contributed by atoms with E-state index in [4.69, 9.17) is 26.8 Å². The number of amides is 1. The van der Waals surface area contributed by atoms with Crippen LogP contribution >= 0.6 is 11.6 Å². The molecule has 1 fully saturated rings. The average Bonchev–Trinajstić information content (AvgIpc) is 2.64. The van der Waals surface area contributed by atoms with Gasteiger partial charge < -0.3 is 20.5 Å². The summed E-state index contributed by atoms with van der Waals surface area (Å²) in [7, 11) is 1.25. The maximum Gasteiger partial charge on any atom is 0.340 e. The maximum atomic E-state index is 14.8. The molecule has 1 heterocycles. The third-order valence-electron chi connectivity index (χ3n) is 4.70. The molecule has 1 amide bonds. The number of hydrogen-bond donors (Lipinski definition) is 2. The zero-order chi connectivity index (χ0) is 20.5. The molecule has 1 saturated heterocycles. The first-order valence-electron chi connectivity index (χ1n) is 8.61. The van der Waals surface area contributed by atoms with Crippen LogP contribution in [-0.2, 0) is 14.3 Å². The molecule has 0 bridgehead atoms. The van der Waals surface area contributed by atoms with Gasteiger partial charge in [0.2, 0.25) is 5.91 Å². The number of rotatable bonds is 5. The molecule has 0 aromatic heterocycles. The third-order valence-corrected chi connectivity index (χ3v) is 5.02. The van der Waals surface area contributed by atoms with E-state index in [1.807, 2.05) is 0 Å². The first-order valence-corrected chi connectivity index (χ1v) is 8.99. The summed E-state index contributed by atoms with van der Waals surface area (Å²) in [5.74, 6) is -1.53. The molecule has 1 aliphatic heterocycles. The number of ether oxygens (including phenoxy) is 2. The Kier molecular flexibility index (Phi) is 5.69. The van der Waals surface area contributed by atoms with Crippen molar-refractivity contribution < 1.29 is 23.5 Å². The second kappa shape index (κ2) is 7.87. The first-order chi connectivity index (χ1) is 13.3. The second-order valence-corrected chi connectivity index (χ2v) is 7.14. The van der Waals surface area contributed by atoms with Gasteiger partial charge in [-0.1, -0.05) is 35.9 Å². The summed E-state index contributed by atoms with van der Waals surface area (Å²) in [6, 6.07) is 8.80. The lowest BCUT2D eigenvalue weighted by Gasteiger charge is -2.36. The molecule has 6 nitrogen and oxygen atoms in total. The van der Waals surface area contributed by atoms with Crippen LogP contribution in [0.25, 0.3) is 11.1 Å². The summed E-state index contributed by atoms with van der Waals surface area (Å²) >= 11 is 6.13. The zero-order valence-electron chi connectivity index (χ0n) is 15.4. The molecule has 2 aromatic carbocycles. The van der Waals surface area contributed by atoms with E-state index in [9.17, 15) is 14.0 Å². The fourth-order valence-electron chi connectivity index (χ4n) is 2.99. The van der Waals surface area contributed by atoms with Crippen molar-refractivity contribution in [3.8, 4) is 11.1 Å². The number of carbonyl (C=O) groups is 2. The second-order valence-electron chi connectivity index (χ2n) is 6.73. The van der Waals surface area contributed by atoms with Crippen molar-refractivity contribution in [2.75, 3.05) is 20.3 Å². The lowest BCUT2D eigenvalue weighted by atomic mass is 9.95. The highest BCUT2D eigenvalue weighted by Crippen LogP contribution is 2.32. The number of carbonyl (C=O) groups excluding carboxylic acids is 2. The molecule has 3 rings (SSSR count). The van der Waals surface area contributed by atoms with Gasteiger partial charge in [-0.15, -0.1) is 0 Å². The first kappa shape index (κ1) is 20.3. The highest BCUT2D eigenvalue weighted by molar-refractivity contribution is 6.34. The van der Waals surface area contributed by atoms with E-state index in [1.54, 1.807) is 37.3 Å². The highest BCUT2D eigenvalue weighted by Gasteiger charge is 2.42. The number of halogens is 2. The van der Waals surface area contributed by atoms with Crippen LogP contribution in [0.1, 0.15) is 28.9 Å². The number of nitrogens with one attached hydrogen (secondary N) is 1. The van der Waals surface area contributed by atoms with E-state index in [0.717, 1.165) is 0 Å². The number of esters is 1. The van der Waals surface area contributed by atoms with Gasteiger partial charge in [0.05, 0.1) is 37.0 Å². The van der Waals surface area contributed by atoms with Gasteiger partial charge in [-0.2, -0.15) is 0 Å². The quantitative estimate of drug-likeness (QED) is 0.745. The fourth-order valence-corrected chi connectivity index (χ4v) is 3.24. The smallest absolute Gasteiger partial charge is 0.340 e. The Morgan fingerprint density at radius 2 is 2.04 bits per heavy atom. The fraction of sp³-hybridized carbons (Fsp3) is 0.300. The highest BCUT2D eigenvalue weighted by atomic mass is 35.5. The van der Waals surface area contributed by atoms with Gasteiger partial charge >= 0.3 is 5.97 Å². The Labute approximate surface area is 166 Å². The van der Waals surface area contributed by atoms with Crippen LogP contribution in [0.15, 0.2) is 36.4 Å². The van der Waals surface area contributed by atoms with Crippen LogP contribution < -0.4 is 11.1 Å². The molecule has 0 radical (unpaired) electrons. The van der Waals surface area contributed by atoms with Crippen LogP contribution in [0.4, 0.5) is 4.39 Å². The molecule has 0 saturated carbocycles. The van der Waals surface area contributed by atoms with Crippen LogP contribution in [0.5, 0.6) is 0 Å². The van der Waals surface area contributed by atoms with E-state index < -0.39 is 29.3 Å². The molecule has 8 heteroatoms. The van der Waals surface area contributed by atoms with Gasteiger partial charge in [0.1, 0.15) is 11.4 Å². The Morgan fingerprint density at radius 3 is 2.61 bits per heavy atom. The molecule has 3 N–H and O–H groups in total. The molecule has 1 aliphatic rings. The minimum Gasteiger partial charge on any atom is -0.465 e. The number of nitrogens with two attached hydrogens (primary N) is 1. The van der Waals surface area contributed by atoms with Crippen molar-refractivity contribution in [2.45, 2.75) is 18.5 Å². The molecular formula is C20H20ClFN2O4. The summed E-state index contributed by atoms with van der Waals surface area (Å²) in [6.45, 7) is 1.94. The van der Waals surface area contributed by atoms with Crippen LogP contribution in [0.3, 0.4) is 0 Å². The van der Waals surface area contributed by atoms with Gasteiger partial charge in [-0.05, 0) is 30.2 Å². The summed E-state index contributed by atoms with van der Waals surface area (Å²) in [5.41, 5.74) is 6.20. The standard InChI is InChI=1S/C20H20ClFN2O4/c1-11(24-19(26)20(23)9-28-10-20)13-7-6-12(8-16(13)22)14-4-3-5-15(21)17(14)18(25)27-2/h3-8,11H,9-10,23H2,1-2H3,(H,24,26)/t11-/m1/s1. The monoisotopic (exact) mass is 406 g/mol. The lowest BCUT2D eigenvalue weighted by Crippen LogP contribution is -2.66. The molecule has 28 heavy (non-hydrogen) atoms. The predicted octanol–water partition coefficient (Wildman–Crippen LogP) is 2.84. The van der Waals surface area contributed by atoms with Gasteiger partial charge in [0.25, 0.3) is 0 Å².